The van der Waals surface area contributed by atoms with Crippen LogP contribution < -0.4 is 10.6 Å². The third-order valence-electron chi connectivity index (χ3n) is 3.94. The van der Waals surface area contributed by atoms with Gasteiger partial charge in [-0.05, 0) is 45.2 Å². The minimum absolute atomic E-state index is 0.0108. The lowest BCUT2D eigenvalue weighted by Crippen LogP contribution is -2.50. The van der Waals surface area contributed by atoms with Crippen LogP contribution in [0.4, 0.5) is 0 Å². The number of piperidine rings is 1. The highest BCUT2D eigenvalue weighted by Gasteiger charge is 2.26. The fraction of sp³-hybridized carbons (Fsp3) is 0.933. The van der Waals surface area contributed by atoms with Gasteiger partial charge < -0.3 is 15.4 Å². The number of carbonyl (C=O) groups excluding carboxylic acids is 1. The average molecular weight is 285 g/mol. The average Bonchev–Trinajstić information content (AvgIpc) is 2.48. The Hall–Kier alpha value is -0.650. The highest BCUT2D eigenvalue weighted by Crippen LogP contribution is 2.18. The minimum Gasteiger partial charge on any atom is -0.383 e. The molecular weight excluding hydrogens is 254 g/mol. The summed E-state index contributed by atoms with van der Waals surface area (Å²) in [4.78, 5) is 14.3. The molecule has 0 bridgehead atoms. The Morgan fingerprint density at radius 2 is 2.25 bits per heavy atom. The summed E-state index contributed by atoms with van der Waals surface area (Å²) in [5.41, 5.74) is 0. The molecule has 5 nitrogen and oxygen atoms in total. The van der Waals surface area contributed by atoms with E-state index in [2.05, 4.69) is 22.5 Å². The van der Waals surface area contributed by atoms with Crippen LogP contribution in [0.1, 0.15) is 33.1 Å². The molecule has 0 aromatic carbocycles. The van der Waals surface area contributed by atoms with E-state index in [1.54, 1.807) is 7.11 Å². The molecule has 118 valence electrons. The number of nitrogens with one attached hydrogen (secondary N) is 2. The van der Waals surface area contributed by atoms with E-state index < -0.39 is 0 Å². The number of hydrogen-bond acceptors (Lipinski definition) is 4. The lowest BCUT2D eigenvalue weighted by atomic mass is 9.96. The second-order valence-corrected chi connectivity index (χ2v) is 5.67. The van der Waals surface area contributed by atoms with Crippen LogP contribution in [0.2, 0.25) is 0 Å². The van der Waals surface area contributed by atoms with Crippen LogP contribution in [0.15, 0.2) is 0 Å². The molecule has 0 aromatic rings. The molecule has 1 fully saturated rings. The first-order valence-electron chi connectivity index (χ1n) is 7.90. The molecule has 1 rings (SSSR count). The molecule has 5 heteroatoms. The predicted molar refractivity (Wildman–Crippen MR) is 81.8 cm³/mol. The van der Waals surface area contributed by atoms with Crippen molar-refractivity contribution in [2.45, 2.75) is 39.2 Å². The number of nitrogens with zero attached hydrogens (tertiary/aromatic N) is 1. The number of ether oxygens (including phenoxy) is 1. The topological polar surface area (TPSA) is 53.6 Å². The highest BCUT2D eigenvalue weighted by molar-refractivity contribution is 5.81. The Bertz CT molecular complexity index is 274. The Balaban J connectivity index is 2.30. The van der Waals surface area contributed by atoms with Crippen molar-refractivity contribution in [1.82, 2.24) is 15.5 Å². The van der Waals surface area contributed by atoms with Gasteiger partial charge in [-0.1, -0.05) is 6.92 Å². The fourth-order valence-electron chi connectivity index (χ4n) is 2.66. The molecule has 0 aliphatic carbocycles. The van der Waals surface area contributed by atoms with E-state index in [9.17, 15) is 4.79 Å². The summed E-state index contributed by atoms with van der Waals surface area (Å²) in [5, 5.41) is 6.42. The quantitative estimate of drug-likeness (QED) is 0.617. The first kappa shape index (κ1) is 17.4. The largest absolute Gasteiger partial charge is 0.383 e. The number of rotatable bonds is 9. The van der Waals surface area contributed by atoms with Gasteiger partial charge in [0.05, 0.1) is 12.6 Å². The van der Waals surface area contributed by atoms with Gasteiger partial charge in [0.15, 0.2) is 0 Å². The molecule has 1 aliphatic heterocycles. The summed E-state index contributed by atoms with van der Waals surface area (Å²) in [6.45, 7) is 9.60. The van der Waals surface area contributed by atoms with Crippen molar-refractivity contribution in [2.75, 3.05) is 46.4 Å². The van der Waals surface area contributed by atoms with Gasteiger partial charge in [0, 0.05) is 26.7 Å². The van der Waals surface area contributed by atoms with Crippen LogP contribution in [0.3, 0.4) is 0 Å². The number of hydrogen-bond donors (Lipinski definition) is 2. The molecule has 1 aliphatic rings. The molecule has 2 unspecified atom stereocenters. The van der Waals surface area contributed by atoms with E-state index in [-0.39, 0.29) is 11.9 Å². The first-order valence-corrected chi connectivity index (χ1v) is 7.90. The van der Waals surface area contributed by atoms with Crippen molar-refractivity contribution in [3.63, 3.8) is 0 Å². The normalized spacial score (nSPS) is 21.6. The van der Waals surface area contributed by atoms with Crippen LogP contribution in [0, 0.1) is 5.92 Å². The number of likely N-dealkylation sites (tertiary alicyclic amines) is 1. The van der Waals surface area contributed by atoms with Crippen molar-refractivity contribution in [1.29, 1.82) is 0 Å². The van der Waals surface area contributed by atoms with E-state index >= 15 is 0 Å². The first-order chi connectivity index (χ1) is 9.69. The SMILES string of the molecule is CCCNC(=O)C(C)N1CCCC(CNCCOC)C1. The summed E-state index contributed by atoms with van der Waals surface area (Å²) < 4.78 is 5.03. The van der Waals surface area contributed by atoms with Crippen LogP contribution in [0.5, 0.6) is 0 Å². The van der Waals surface area contributed by atoms with Gasteiger partial charge in [0.2, 0.25) is 5.91 Å². The summed E-state index contributed by atoms with van der Waals surface area (Å²) in [6.07, 6.45) is 3.42. The van der Waals surface area contributed by atoms with Gasteiger partial charge in [-0.2, -0.15) is 0 Å². The van der Waals surface area contributed by atoms with E-state index in [1.165, 1.54) is 12.8 Å². The Kier molecular flexibility index (Phi) is 8.82. The zero-order chi connectivity index (χ0) is 14.8. The molecule has 1 saturated heterocycles. The van der Waals surface area contributed by atoms with Crippen LogP contribution in [-0.4, -0.2) is 63.3 Å². The predicted octanol–water partition coefficient (Wildman–Crippen LogP) is 0.849. The summed E-state index contributed by atoms with van der Waals surface area (Å²) in [6, 6.07) is -0.0108. The molecule has 0 spiro atoms. The number of amides is 1. The Morgan fingerprint density at radius 3 is 2.95 bits per heavy atom. The number of methoxy groups -OCH3 is 1. The smallest absolute Gasteiger partial charge is 0.237 e. The monoisotopic (exact) mass is 285 g/mol. The van der Waals surface area contributed by atoms with Crippen LogP contribution in [-0.2, 0) is 9.53 Å². The summed E-state index contributed by atoms with van der Waals surface area (Å²) in [7, 11) is 1.72. The van der Waals surface area contributed by atoms with Crippen LogP contribution in [0.25, 0.3) is 0 Å². The minimum atomic E-state index is -0.0108. The number of carbonyl (C=O) groups is 1. The van der Waals surface area contributed by atoms with E-state index in [0.717, 1.165) is 45.8 Å². The third-order valence-corrected chi connectivity index (χ3v) is 3.94. The van der Waals surface area contributed by atoms with Gasteiger partial charge in [0.25, 0.3) is 0 Å². The van der Waals surface area contributed by atoms with Crippen molar-refractivity contribution in [3.8, 4) is 0 Å². The molecule has 0 radical (unpaired) electrons. The maximum Gasteiger partial charge on any atom is 0.237 e. The molecule has 2 N–H and O–H groups in total. The Morgan fingerprint density at radius 1 is 1.45 bits per heavy atom. The standard InChI is InChI=1S/C15H31N3O2/c1-4-7-17-15(19)13(2)18-9-5-6-14(12-18)11-16-8-10-20-3/h13-14,16H,4-12H2,1-3H3,(H,17,19). The molecule has 0 aromatic heterocycles. The van der Waals surface area contributed by atoms with Crippen molar-refractivity contribution in [2.24, 2.45) is 5.92 Å². The van der Waals surface area contributed by atoms with Crippen molar-refractivity contribution < 1.29 is 9.53 Å². The van der Waals surface area contributed by atoms with E-state index in [0.29, 0.717) is 5.92 Å². The van der Waals surface area contributed by atoms with Crippen molar-refractivity contribution in [3.05, 3.63) is 0 Å². The summed E-state index contributed by atoms with van der Waals surface area (Å²) >= 11 is 0. The molecule has 20 heavy (non-hydrogen) atoms. The van der Waals surface area contributed by atoms with Gasteiger partial charge in [-0.25, -0.2) is 0 Å². The second kappa shape index (κ2) is 10.1. The van der Waals surface area contributed by atoms with E-state index in [1.807, 2.05) is 6.92 Å². The molecule has 0 saturated carbocycles. The fourth-order valence-corrected chi connectivity index (χ4v) is 2.66. The van der Waals surface area contributed by atoms with Crippen LogP contribution >= 0.6 is 0 Å². The molecular formula is C15H31N3O2. The summed E-state index contributed by atoms with van der Waals surface area (Å²) in [5.74, 6) is 0.807. The lowest BCUT2D eigenvalue weighted by Gasteiger charge is -2.36. The van der Waals surface area contributed by atoms with Gasteiger partial charge in [-0.15, -0.1) is 0 Å². The molecule has 1 amide bonds. The zero-order valence-electron chi connectivity index (χ0n) is 13.3. The van der Waals surface area contributed by atoms with E-state index in [4.69, 9.17) is 4.74 Å². The zero-order valence-corrected chi connectivity index (χ0v) is 13.3. The lowest BCUT2D eigenvalue weighted by molar-refractivity contribution is -0.126. The second-order valence-electron chi connectivity index (χ2n) is 5.67. The van der Waals surface area contributed by atoms with Gasteiger partial charge in [0.1, 0.15) is 0 Å². The highest BCUT2D eigenvalue weighted by atomic mass is 16.5. The van der Waals surface area contributed by atoms with Gasteiger partial charge >= 0.3 is 0 Å². The molecule has 2 atom stereocenters. The molecule has 1 heterocycles. The van der Waals surface area contributed by atoms with Gasteiger partial charge in [-0.3, -0.25) is 9.69 Å². The maximum atomic E-state index is 12.0. The van der Waals surface area contributed by atoms with Crippen molar-refractivity contribution >= 4 is 5.91 Å². The Labute approximate surface area is 123 Å². The third kappa shape index (κ3) is 6.20. The maximum absolute atomic E-state index is 12.0.